The summed E-state index contributed by atoms with van der Waals surface area (Å²) in [4.78, 5) is 29.3. The predicted molar refractivity (Wildman–Crippen MR) is 109 cm³/mol. The van der Waals surface area contributed by atoms with Crippen molar-refractivity contribution >= 4 is 49.5 Å². The number of esters is 1. The lowest BCUT2D eigenvalue weighted by Crippen LogP contribution is -2.24. The first kappa shape index (κ1) is 17.6. The van der Waals surface area contributed by atoms with Crippen molar-refractivity contribution in [2.45, 2.75) is 6.54 Å². The monoisotopic (exact) mass is 408 g/mol. The van der Waals surface area contributed by atoms with Crippen molar-refractivity contribution in [1.82, 2.24) is 29.1 Å². The highest BCUT2D eigenvalue weighted by Gasteiger charge is 2.21. The molecule has 0 fully saturated rings. The number of aryl methyl sites for hydroxylation is 2. The number of hydrogen-bond donors (Lipinski definition) is 0. The molecule has 0 atom stereocenters. The van der Waals surface area contributed by atoms with Crippen molar-refractivity contribution < 1.29 is 9.53 Å². The number of carbonyl (C=O) groups excluding carboxylic acids is 1. The number of ether oxygens (including phenoxy) is 1. The Balaban J connectivity index is 1.66. The first-order valence-electron chi connectivity index (χ1n) is 8.82. The Morgan fingerprint density at radius 2 is 1.97 bits per heavy atom. The lowest BCUT2D eigenvalue weighted by molar-refractivity contribution is 0.0600. The van der Waals surface area contributed by atoms with Crippen LogP contribution in [-0.4, -0.2) is 42.2 Å². The lowest BCUT2D eigenvalue weighted by atomic mass is 10.1. The van der Waals surface area contributed by atoms with E-state index in [1.807, 2.05) is 25.2 Å². The molecule has 1 aromatic carbocycles. The number of thiazole rings is 1. The van der Waals surface area contributed by atoms with Crippen LogP contribution in [-0.2, 0) is 25.4 Å². The van der Waals surface area contributed by atoms with Crippen LogP contribution in [0.4, 0.5) is 0 Å². The maximum atomic E-state index is 13.2. The molecule has 0 aliphatic heterocycles. The normalized spacial score (nSPS) is 11.7. The largest absolute Gasteiger partial charge is 0.464 e. The molecule has 0 N–H and O–H groups in total. The molecule has 0 aliphatic carbocycles. The predicted octanol–water partition coefficient (Wildman–Crippen LogP) is 2.07. The second-order valence-electron chi connectivity index (χ2n) is 6.71. The summed E-state index contributed by atoms with van der Waals surface area (Å²) >= 11 is 1.20. The van der Waals surface area contributed by atoms with Crippen LogP contribution in [0.5, 0.6) is 0 Å². The fourth-order valence-electron chi connectivity index (χ4n) is 3.61. The number of nitrogens with zero attached hydrogens (tertiary/aromatic N) is 6. The Kier molecular flexibility index (Phi) is 3.78. The first-order valence-corrected chi connectivity index (χ1v) is 9.64. The van der Waals surface area contributed by atoms with Gasteiger partial charge in [0.2, 0.25) is 5.01 Å². The van der Waals surface area contributed by atoms with E-state index in [2.05, 4.69) is 15.2 Å². The third-order valence-corrected chi connectivity index (χ3v) is 6.15. The van der Waals surface area contributed by atoms with Gasteiger partial charge in [0.25, 0.3) is 5.56 Å². The van der Waals surface area contributed by atoms with Crippen molar-refractivity contribution in [1.29, 1.82) is 0 Å². The standard InChI is InChI=1S/C19H16N6O3S/c1-23-14-12(15-16(23)22-17(29-15)19(27)28-3)8-21-25(18(14)26)9-10-5-4-6-13-11(10)7-20-24(13)2/h4-8H,9H2,1-3H3. The van der Waals surface area contributed by atoms with Crippen LogP contribution in [0.1, 0.15) is 15.4 Å². The second kappa shape index (κ2) is 6.24. The van der Waals surface area contributed by atoms with Crippen molar-refractivity contribution in [2.24, 2.45) is 14.1 Å². The molecular weight excluding hydrogens is 392 g/mol. The number of benzene rings is 1. The molecule has 4 heterocycles. The van der Waals surface area contributed by atoms with Crippen LogP contribution < -0.4 is 5.56 Å². The van der Waals surface area contributed by atoms with E-state index in [0.29, 0.717) is 23.1 Å². The molecule has 4 aromatic heterocycles. The third-order valence-electron chi connectivity index (χ3n) is 5.09. The number of fused-ring (bicyclic) bond motifs is 4. The Labute approximate surface area is 167 Å². The molecule has 29 heavy (non-hydrogen) atoms. The number of carbonyl (C=O) groups is 1. The average molecular weight is 408 g/mol. The highest BCUT2D eigenvalue weighted by atomic mass is 32.1. The second-order valence-corrected chi connectivity index (χ2v) is 7.71. The van der Waals surface area contributed by atoms with E-state index >= 15 is 0 Å². The van der Waals surface area contributed by atoms with E-state index in [4.69, 9.17) is 4.74 Å². The van der Waals surface area contributed by atoms with E-state index in [0.717, 1.165) is 21.2 Å². The maximum Gasteiger partial charge on any atom is 0.367 e. The van der Waals surface area contributed by atoms with Crippen LogP contribution in [0.25, 0.3) is 32.2 Å². The van der Waals surface area contributed by atoms with Crippen molar-refractivity contribution in [3.63, 3.8) is 0 Å². The molecule has 0 amide bonds. The molecule has 0 radical (unpaired) electrons. The Morgan fingerprint density at radius 1 is 1.17 bits per heavy atom. The van der Waals surface area contributed by atoms with Gasteiger partial charge in [0.15, 0.2) is 5.65 Å². The third kappa shape index (κ3) is 2.49. The van der Waals surface area contributed by atoms with Crippen molar-refractivity contribution in [2.75, 3.05) is 7.11 Å². The summed E-state index contributed by atoms with van der Waals surface area (Å²) in [6.07, 6.45) is 3.45. The number of aromatic nitrogens is 6. The van der Waals surface area contributed by atoms with Gasteiger partial charge in [0, 0.05) is 24.9 Å². The van der Waals surface area contributed by atoms with E-state index in [-0.39, 0.29) is 10.6 Å². The quantitative estimate of drug-likeness (QED) is 0.424. The summed E-state index contributed by atoms with van der Waals surface area (Å²) < 4.78 is 10.4. The van der Waals surface area contributed by atoms with Crippen LogP contribution in [0.2, 0.25) is 0 Å². The molecule has 146 valence electrons. The van der Waals surface area contributed by atoms with Gasteiger partial charge in [0.05, 0.1) is 36.3 Å². The lowest BCUT2D eigenvalue weighted by Gasteiger charge is -2.07. The van der Waals surface area contributed by atoms with Crippen molar-refractivity contribution in [3.8, 4) is 0 Å². The minimum absolute atomic E-state index is 0.212. The smallest absolute Gasteiger partial charge is 0.367 e. The van der Waals surface area contributed by atoms with Gasteiger partial charge in [-0.15, -0.1) is 11.3 Å². The fraction of sp³-hybridized carbons (Fsp3) is 0.211. The molecule has 5 rings (SSSR count). The summed E-state index contributed by atoms with van der Waals surface area (Å²) in [5, 5.41) is 10.6. The Morgan fingerprint density at radius 3 is 2.76 bits per heavy atom. The molecule has 0 saturated carbocycles. The SMILES string of the molecule is COC(=O)c1nc2c(s1)c1cnn(Cc3cccc4c3cnn4C)c(=O)c1n2C. The van der Waals surface area contributed by atoms with Gasteiger partial charge < -0.3 is 9.30 Å². The highest BCUT2D eigenvalue weighted by Crippen LogP contribution is 2.31. The van der Waals surface area contributed by atoms with Crippen LogP contribution in [0.3, 0.4) is 0 Å². The maximum absolute atomic E-state index is 13.2. The summed E-state index contributed by atoms with van der Waals surface area (Å²) in [6, 6.07) is 5.90. The Bertz CT molecular complexity index is 1490. The molecule has 0 spiro atoms. The Hall–Kier alpha value is -3.53. The summed E-state index contributed by atoms with van der Waals surface area (Å²) in [6.45, 7) is 0.331. The molecule has 9 nitrogen and oxygen atoms in total. The summed E-state index contributed by atoms with van der Waals surface area (Å²) in [7, 11) is 4.96. The molecule has 0 unspecified atom stereocenters. The summed E-state index contributed by atoms with van der Waals surface area (Å²) in [5.41, 5.74) is 2.82. The zero-order valence-electron chi connectivity index (χ0n) is 15.9. The van der Waals surface area contributed by atoms with Gasteiger partial charge in [-0.25, -0.2) is 14.5 Å². The van der Waals surface area contributed by atoms with Crippen LogP contribution >= 0.6 is 11.3 Å². The minimum Gasteiger partial charge on any atom is -0.464 e. The van der Waals surface area contributed by atoms with Gasteiger partial charge in [0.1, 0.15) is 5.52 Å². The highest BCUT2D eigenvalue weighted by molar-refractivity contribution is 7.21. The van der Waals surface area contributed by atoms with Crippen LogP contribution in [0.15, 0.2) is 35.4 Å². The zero-order chi connectivity index (χ0) is 20.3. The van der Waals surface area contributed by atoms with E-state index in [1.165, 1.54) is 23.1 Å². The van der Waals surface area contributed by atoms with Gasteiger partial charge in [-0.3, -0.25) is 9.48 Å². The first-order chi connectivity index (χ1) is 14.0. The molecule has 0 aliphatic rings. The van der Waals surface area contributed by atoms with Crippen LogP contribution in [0, 0.1) is 0 Å². The molecular formula is C19H16N6O3S. The minimum atomic E-state index is -0.495. The zero-order valence-corrected chi connectivity index (χ0v) is 16.7. The van der Waals surface area contributed by atoms with Gasteiger partial charge in [-0.05, 0) is 11.6 Å². The van der Waals surface area contributed by atoms with E-state index in [1.54, 1.807) is 28.7 Å². The van der Waals surface area contributed by atoms with Gasteiger partial charge >= 0.3 is 5.97 Å². The fourth-order valence-corrected chi connectivity index (χ4v) is 4.64. The van der Waals surface area contributed by atoms with Crippen molar-refractivity contribution in [3.05, 3.63) is 51.5 Å². The number of methoxy groups -OCH3 is 1. The molecule has 5 aromatic rings. The van der Waals surface area contributed by atoms with Gasteiger partial charge in [-0.2, -0.15) is 10.2 Å². The summed E-state index contributed by atoms with van der Waals surface area (Å²) in [5.74, 6) is -0.495. The molecule has 0 saturated heterocycles. The number of rotatable bonds is 3. The topological polar surface area (TPSA) is 96.8 Å². The molecule has 10 heteroatoms. The average Bonchev–Trinajstić information content (AvgIpc) is 3.39. The van der Waals surface area contributed by atoms with Gasteiger partial charge in [-0.1, -0.05) is 12.1 Å². The number of hydrogen-bond acceptors (Lipinski definition) is 7. The van der Waals surface area contributed by atoms with E-state index < -0.39 is 5.97 Å². The molecule has 0 bridgehead atoms. The van der Waals surface area contributed by atoms with E-state index in [9.17, 15) is 9.59 Å².